The lowest BCUT2D eigenvalue weighted by Gasteiger charge is -2.34. The Kier molecular flexibility index (Phi) is 19.7. The summed E-state index contributed by atoms with van der Waals surface area (Å²) in [6.45, 7) is 17.9. The van der Waals surface area contributed by atoms with Crippen LogP contribution in [0.15, 0.2) is 0 Å². The summed E-state index contributed by atoms with van der Waals surface area (Å²) in [4.78, 5) is 0. The van der Waals surface area contributed by atoms with E-state index in [-0.39, 0.29) is 10.5 Å². The molecule has 0 N–H and O–H groups in total. The third kappa shape index (κ3) is 12.5. The fourth-order valence-corrected chi connectivity index (χ4v) is 18.7. The topological polar surface area (TPSA) is 55.4 Å². The molecule has 196 valence electrons. The summed E-state index contributed by atoms with van der Waals surface area (Å²) >= 11 is 11.0. The molecule has 1 atom stereocenters. The number of hydrogen-bond acceptors (Lipinski definition) is 7. The molecular formula is C20H49O6PS3Si2. The quantitative estimate of drug-likeness (QED) is 0.0926. The molecule has 0 radical (unpaired) electrons. The first-order valence-electron chi connectivity index (χ1n) is 12.1. The van der Waals surface area contributed by atoms with E-state index in [1.807, 2.05) is 41.5 Å². The molecule has 1 unspecified atom stereocenters. The molecule has 0 aliphatic heterocycles. The van der Waals surface area contributed by atoms with Crippen LogP contribution in [-0.4, -0.2) is 74.9 Å². The molecular weight excluding hydrogens is 520 g/mol. The molecule has 0 saturated carbocycles. The van der Waals surface area contributed by atoms with Crippen LogP contribution in [0.2, 0.25) is 12.1 Å². The normalized spacial score (nSPS) is 15.1. The van der Waals surface area contributed by atoms with Gasteiger partial charge in [-0.3, -0.25) is 0 Å². The van der Waals surface area contributed by atoms with Crippen molar-refractivity contribution in [3.63, 3.8) is 0 Å². The van der Waals surface area contributed by atoms with Gasteiger partial charge in [-0.1, -0.05) is 18.7 Å². The minimum Gasteiger partial charge on any atom is -0.374 e. The number of rotatable bonds is 22. The van der Waals surface area contributed by atoms with E-state index in [0.717, 1.165) is 42.6 Å². The molecule has 0 heterocycles. The highest BCUT2D eigenvalue weighted by Crippen LogP contribution is 2.73. The highest BCUT2D eigenvalue weighted by atomic mass is 33.2. The maximum Gasteiger partial charge on any atom is 0.500 e. The van der Waals surface area contributed by atoms with Crippen molar-refractivity contribution in [1.29, 1.82) is 0 Å². The second kappa shape index (κ2) is 18.8. The molecule has 6 nitrogen and oxygen atoms in total. The van der Waals surface area contributed by atoms with Crippen LogP contribution in [-0.2, 0) is 38.4 Å². The second-order valence-electron chi connectivity index (χ2n) is 7.11. The van der Waals surface area contributed by atoms with Gasteiger partial charge in [-0.2, -0.15) is 0 Å². The molecule has 0 bridgehead atoms. The van der Waals surface area contributed by atoms with Gasteiger partial charge in [0.1, 0.15) is 0 Å². The zero-order valence-corrected chi connectivity index (χ0v) is 26.9. The van der Waals surface area contributed by atoms with E-state index in [1.54, 1.807) is 0 Å². The molecule has 0 aliphatic carbocycles. The molecule has 0 amide bonds. The van der Waals surface area contributed by atoms with E-state index in [0.29, 0.717) is 39.6 Å². The van der Waals surface area contributed by atoms with Crippen LogP contribution < -0.4 is 0 Å². The third-order valence-corrected chi connectivity index (χ3v) is 25.2. The molecule has 12 heteroatoms. The van der Waals surface area contributed by atoms with Crippen molar-refractivity contribution in [2.24, 2.45) is 0 Å². The Labute approximate surface area is 213 Å². The van der Waals surface area contributed by atoms with Crippen molar-refractivity contribution in [3.8, 4) is 0 Å². The van der Waals surface area contributed by atoms with Crippen molar-refractivity contribution in [2.45, 2.75) is 73.4 Å². The van der Waals surface area contributed by atoms with Crippen LogP contribution >= 0.6 is 27.2 Å². The van der Waals surface area contributed by atoms with Gasteiger partial charge in [0.25, 0.3) is 0 Å². The lowest BCUT2D eigenvalue weighted by Crippen LogP contribution is -2.46. The van der Waals surface area contributed by atoms with E-state index < -0.39 is 22.1 Å². The van der Waals surface area contributed by atoms with Gasteiger partial charge in [0.05, 0.1) is 0 Å². The van der Waals surface area contributed by atoms with Gasteiger partial charge in [0.15, 0.2) is 0 Å². The van der Waals surface area contributed by atoms with Crippen LogP contribution in [0.5, 0.6) is 0 Å². The molecule has 0 rings (SSSR count). The summed E-state index contributed by atoms with van der Waals surface area (Å²) in [6.07, 6.45) is 2.98. The van der Waals surface area contributed by atoms with E-state index >= 15 is 0 Å². The Hall–Kier alpha value is 1.54. The minimum absolute atomic E-state index is 0.365. The monoisotopic (exact) mass is 568 g/mol. The lowest BCUT2D eigenvalue weighted by atomic mass is 10.6. The van der Waals surface area contributed by atoms with Crippen LogP contribution in [0, 0.1) is 0 Å². The average molecular weight is 569 g/mol. The first kappa shape index (κ1) is 33.5. The van der Waals surface area contributed by atoms with Gasteiger partial charge in [0.2, 0.25) is 0 Å². The molecule has 0 spiro atoms. The van der Waals surface area contributed by atoms with Crippen molar-refractivity contribution in [1.82, 2.24) is 0 Å². The predicted molar refractivity (Wildman–Crippen MR) is 153 cm³/mol. The van der Waals surface area contributed by atoms with Gasteiger partial charge in [-0.05, 0) is 72.1 Å². The Morgan fingerprint density at radius 2 is 0.906 bits per heavy atom. The smallest absolute Gasteiger partial charge is 0.374 e. The zero-order chi connectivity index (χ0) is 24.5. The summed E-state index contributed by atoms with van der Waals surface area (Å²) in [5, 5.41) is 0. The van der Waals surface area contributed by atoms with Crippen LogP contribution in [0.1, 0.15) is 61.3 Å². The predicted octanol–water partition coefficient (Wildman–Crippen LogP) is 6.12. The molecule has 0 aromatic rings. The van der Waals surface area contributed by atoms with Crippen molar-refractivity contribution in [2.75, 3.05) is 57.3 Å². The van der Waals surface area contributed by atoms with Crippen molar-refractivity contribution >= 4 is 56.6 Å². The Balaban J connectivity index is 5.18. The fourth-order valence-electron chi connectivity index (χ4n) is 3.58. The Bertz CT molecular complexity index is 456. The van der Waals surface area contributed by atoms with Gasteiger partial charge in [-0.15, -0.1) is 12.2 Å². The average Bonchev–Trinajstić information content (AvgIpc) is 2.74. The molecule has 0 aromatic carbocycles. The van der Waals surface area contributed by atoms with E-state index in [9.17, 15) is 0 Å². The maximum absolute atomic E-state index is 6.03. The van der Waals surface area contributed by atoms with Gasteiger partial charge in [0, 0.05) is 56.2 Å². The van der Waals surface area contributed by atoms with Gasteiger partial charge in [-0.25, -0.2) is 10.5 Å². The zero-order valence-electron chi connectivity index (χ0n) is 21.4. The van der Waals surface area contributed by atoms with E-state index in [4.69, 9.17) is 50.6 Å². The minimum atomic E-state index is -2.61. The summed E-state index contributed by atoms with van der Waals surface area (Å²) < 4.78 is 34.5. The van der Waals surface area contributed by atoms with E-state index in [2.05, 4.69) is 6.92 Å². The molecule has 0 aromatic heterocycles. The Morgan fingerprint density at radius 3 is 1.12 bits per heavy atom. The fraction of sp³-hybridized carbons (Fsp3) is 1.00. The summed E-state index contributed by atoms with van der Waals surface area (Å²) in [5.41, 5.74) is 0. The van der Waals surface area contributed by atoms with Crippen LogP contribution in [0.4, 0.5) is 0 Å². The maximum atomic E-state index is 6.03. The lowest BCUT2D eigenvalue weighted by molar-refractivity contribution is 0.0705. The third-order valence-electron chi connectivity index (χ3n) is 4.84. The van der Waals surface area contributed by atoms with Crippen LogP contribution in [0.3, 0.4) is 0 Å². The molecule has 32 heavy (non-hydrogen) atoms. The molecule has 0 fully saturated rings. The van der Waals surface area contributed by atoms with Crippen molar-refractivity contribution in [3.05, 3.63) is 0 Å². The summed E-state index contributed by atoms with van der Waals surface area (Å²) in [6, 6.07) is 1.67. The summed E-state index contributed by atoms with van der Waals surface area (Å²) in [5.74, 6) is 2.16. The molecule has 0 aliphatic rings. The molecule has 0 saturated heterocycles. The van der Waals surface area contributed by atoms with Gasteiger partial charge >= 0.3 is 17.6 Å². The highest BCUT2D eigenvalue weighted by molar-refractivity contribution is 9.01. The first-order valence-corrected chi connectivity index (χ1v) is 22.6. The number of hydrogen-bond donors (Lipinski definition) is 2. The van der Waals surface area contributed by atoms with Gasteiger partial charge < -0.3 is 26.6 Å². The highest BCUT2D eigenvalue weighted by Gasteiger charge is 2.41. The van der Waals surface area contributed by atoms with Crippen LogP contribution in [0.25, 0.3) is 0 Å². The SMILES string of the molecule is CCO[Si](CCC[SH](CCC[Si](OCC)(OCC)OCC)P(=S)(S)CC)(OCC)OCC. The van der Waals surface area contributed by atoms with Crippen molar-refractivity contribution < 1.29 is 26.6 Å². The Morgan fingerprint density at radius 1 is 0.625 bits per heavy atom. The summed E-state index contributed by atoms with van der Waals surface area (Å²) in [7, 11) is -5.59. The first-order chi connectivity index (χ1) is 15.2. The largest absolute Gasteiger partial charge is 0.500 e. The number of thiol groups is 2. The second-order valence-corrected chi connectivity index (χ2v) is 26.7. The standard InChI is InChI=1S/C20H49O6PS3Si2/c1-8-21-31(22-9-2,23-10-3)19-15-17-30(27(28,29)14-7)18-16-20-32(24-11-4,25-12-5)26-13-6/h30H,8-20H2,1-7H3,(H,28,29). The van der Waals surface area contributed by atoms with E-state index in [1.165, 1.54) is 0 Å².